The number of esters is 1. The fraction of sp³-hybridized carbons (Fsp3) is 0.357. The largest absolute Gasteiger partial charge is 0.469 e. The highest BCUT2D eigenvalue weighted by molar-refractivity contribution is 5.85. The zero-order valence-corrected chi connectivity index (χ0v) is 10.4. The second-order valence-corrected chi connectivity index (χ2v) is 4.39. The number of hydrogen-bond donors (Lipinski definition) is 1. The van der Waals surface area contributed by atoms with E-state index in [4.69, 9.17) is 4.74 Å². The van der Waals surface area contributed by atoms with Gasteiger partial charge in [0.2, 0.25) is 0 Å². The van der Waals surface area contributed by atoms with Crippen LogP contribution in [0.4, 0.5) is 0 Å². The lowest BCUT2D eigenvalue weighted by atomic mass is 9.95. The number of ether oxygens (including phenoxy) is 1. The predicted octanol–water partition coefficient (Wildman–Crippen LogP) is 3.14. The SMILES string of the molecule is COC(=O)C[C@H](C)c1c(C)[nH]c2ccccc12. The van der Waals surface area contributed by atoms with Crippen LogP contribution in [0.2, 0.25) is 0 Å². The van der Waals surface area contributed by atoms with Crippen LogP contribution in [-0.4, -0.2) is 18.1 Å². The molecule has 0 fully saturated rings. The molecular formula is C14H17NO2. The Morgan fingerprint density at radius 2 is 2.12 bits per heavy atom. The highest BCUT2D eigenvalue weighted by Gasteiger charge is 2.17. The zero-order valence-electron chi connectivity index (χ0n) is 10.4. The number of aryl methyl sites for hydroxylation is 1. The van der Waals surface area contributed by atoms with E-state index in [0.717, 1.165) is 11.2 Å². The Morgan fingerprint density at radius 3 is 2.82 bits per heavy atom. The van der Waals surface area contributed by atoms with Crippen molar-refractivity contribution in [1.82, 2.24) is 4.98 Å². The Labute approximate surface area is 101 Å². The minimum atomic E-state index is -0.165. The Kier molecular flexibility index (Phi) is 3.18. The maximum absolute atomic E-state index is 11.3. The number of rotatable bonds is 3. The average molecular weight is 231 g/mol. The first kappa shape index (κ1) is 11.7. The molecule has 1 atom stereocenters. The van der Waals surface area contributed by atoms with Crippen molar-refractivity contribution in [3.05, 3.63) is 35.5 Å². The average Bonchev–Trinajstić information content (AvgIpc) is 2.64. The molecule has 0 aliphatic carbocycles. The van der Waals surface area contributed by atoms with Crippen molar-refractivity contribution in [2.75, 3.05) is 7.11 Å². The smallest absolute Gasteiger partial charge is 0.306 e. The molecule has 3 heteroatoms. The van der Waals surface area contributed by atoms with Crippen molar-refractivity contribution in [3.63, 3.8) is 0 Å². The van der Waals surface area contributed by atoms with Gasteiger partial charge in [0.05, 0.1) is 13.5 Å². The number of hydrogen-bond acceptors (Lipinski definition) is 2. The zero-order chi connectivity index (χ0) is 12.4. The van der Waals surface area contributed by atoms with E-state index in [0.29, 0.717) is 6.42 Å². The molecule has 0 bridgehead atoms. The third-order valence-corrected chi connectivity index (χ3v) is 3.14. The summed E-state index contributed by atoms with van der Waals surface area (Å²) in [6, 6.07) is 8.16. The lowest BCUT2D eigenvalue weighted by molar-refractivity contribution is -0.140. The van der Waals surface area contributed by atoms with E-state index in [2.05, 4.69) is 24.0 Å². The number of benzene rings is 1. The normalized spacial score (nSPS) is 12.6. The van der Waals surface area contributed by atoms with Crippen molar-refractivity contribution >= 4 is 16.9 Å². The highest BCUT2D eigenvalue weighted by atomic mass is 16.5. The first-order chi connectivity index (χ1) is 8.13. The minimum absolute atomic E-state index is 0.165. The van der Waals surface area contributed by atoms with Gasteiger partial charge in [0.1, 0.15) is 0 Å². The molecule has 1 aromatic heterocycles. The number of carbonyl (C=O) groups excluding carboxylic acids is 1. The summed E-state index contributed by atoms with van der Waals surface area (Å²) in [5.41, 5.74) is 3.46. The van der Waals surface area contributed by atoms with Gasteiger partial charge in [0, 0.05) is 16.6 Å². The third kappa shape index (κ3) is 2.18. The van der Waals surface area contributed by atoms with Crippen LogP contribution in [0.5, 0.6) is 0 Å². The lowest BCUT2D eigenvalue weighted by Crippen LogP contribution is -2.06. The van der Waals surface area contributed by atoms with Crippen molar-refractivity contribution in [2.45, 2.75) is 26.2 Å². The highest BCUT2D eigenvalue weighted by Crippen LogP contribution is 2.30. The van der Waals surface area contributed by atoms with Gasteiger partial charge in [-0.05, 0) is 24.5 Å². The Morgan fingerprint density at radius 1 is 1.41 bits per heavy atom. The van der Waals surface area contributed by atoms with Gasteiger partial charge in [0.25, 0.3) is 0 Å². The number of fused-ring (bicyclic) bond motifs is 1. The number of carbonyl (C=O) groups is 1. The van der Waals surface area contributed by atoms with Crippen LogP contribution in [0, 0.1) is 6.92 Å². The summed E-state index contributed by atoms with van der Waals surface area (Å²) in [7, 11) is 1.43. The quantitative estimate of drug-likeness (QED) is 0.824. The summed E-state index contributed by atoms with van der Waals surface area (Å²) in [5, 5.41) is 1.20. The predicted molar refractivity (Wildman–Crippen MR) is 68.1 cm³/mol. The van der Waals surface area contributed by atoms with Crippen LogP contribution >= 0.6 is 0 Å². The maximum atomic E-state index is 11.3. The molecule has 0 aliphatic rings. The molecule has 0 saturated carbocycles. The maximum Gasteiger partial charge on any atom is 0.306 e. The van der Waals surface area contributed by atoms with E-state index in [-0.39, 0.29) is 11.9 Å². The number of para-hydroxylation sites is 1. The van der Waals surface area contributed by atoms with Crippen LogP contribution in [0.3, 0.4) is 0 Å². The van der Waals surface area contributed by atoms with Gasteiger partial charge in [-0.25, -0.2) is 0 Å². The van der Waals surface area contributed by atoms with Gasteiger partial charge in [0.15, 0.2) is 0 Å². The van der Waals surface area contributed by atoms with Gasteiger partial charge in [-0.3, -0.25) is 4.79 Å². The van der Waals surface area contributed by atoms with Crippen molar-refractivity contribution in [2.24, 2.45) is 0 Å². The van der Waals surface area contributed by atoms with Crippen LogP contribution in [-0.2, 0) is 9.53 Å². The van der Waals surface area contributed by atoms with Gasteiger partial charge < -0.3 is 9.72 Å². The molecule has 1 N–H and O–H groups in total. The molecule has 2 rings (SSSR count). The van der Waals surface area contributed by atoms with Gasteiger partial charge in [-0.15, -0.1) is 0 Å². The summed E-state index contributed by atoms with van der Waals surface area (Å²) in [6.07, 6.45) is 0.416. The van der Waals surface area contributed by atoms with E-state index in [1.54, 1.807) is 0 Å². The molecule has 0 amide bonds. The Balaban J connectivity index is 2.40. The molecule has 17 heavy (non-hydrogen) atoms. The van der Waals surface area contributed by atoms with Crippen LogP contribution in [0.15, 0.2) is 24.3 Å². The molecule has 0 radical (unpaired) electrons. The fourth-order valence-corrected chi connectivity index (χ4v) is 2.37. The molecule has 0 spiro atoms. The van der Waals surface area contributed by atoms with Crippen LogP contribution < -0.4 is 0 Å². The molecule has 0 unspecified atom stereocenters. The molecule has 2 aromatic rings. The van der Waals surface area contributed by atoms with Crippen molar-refractivity contribution in [3.8, 4) is 0 Å². The second kappa shape index (κ2) is 4.62. The van der Waals surface area contributed by atoms with Crippen LogP contribution in [0.25, 0.3) is 10.9 Å². The molecule has 1 heterocycles. The molecule has 90 valence electrons. The second-order valence-electron chi connectivity index (χ2n) is 4.39. The summed E-state index contributed by atoms with van der Waals surface area (Å²) in [4.78, 5) is 14.7. The number of nitrogens with one attached hydrogen (secondary N) is 1. The first-order valence-corrected chi connectivity index (χ1v) is 5.77. The van der Waals surface area contributed by atoms with Crippen LogP contribution in [0.1, 0.15) is 30.5 Å². The molecule has 0 saturated heterocycles. The first-order valence-electron chi connectivity index (χ1n) is 5.77. The summed E-state index contributed by atoms with van der Waals surface area (Å²) >= 11 is 0. The monoisotopic (exact) mass is 231 g/mol. The molecule has 0 aliphatic heterocycles. The standard InChI is InChI=1S/C14H17NO2/c1-9(8-13(16)17-3)14-10(2)15-12-7-5-4-6-11(12)14/h4-7,9,15H,8H2,1-3H3/t9-/m0/s1. The number of H-pyrrole nitrogens is 1. The van der Waals surface area contributed by atoms with Gasteiger partial charge in [-0.1, -0.05) is 25.1 Å². The van der Waals surface area contributed by atoms with Crippen molar-refractivity contribution < 1.29 is 9.53 Å². The van der Waals surface area contributed by atoms with Crippen molar-refractivity contribution in [1.29, 1.82) is 0 Å². The Hall–Kier alpha value is -1.77. The van der Waals surface area contributed by atoms with Gasteiger partial charge in [-0.2, -0.15) is 0 Å². The third-order valence-electron chi connectivity index (χ3n) is 3.14. The summed E-state index contributed by atoms with van der Waals surface area (Å²) in [5.74, 6) is 0.000723. The number of aromatic nitrogens is 1. The topological polar surface area (TPSA) is 42.1 Å². The van der Waals surface area contributed by atoms with E-state index >= 15 is 0 Å². The van der Waals surface area contributed by atoms with E-state index in [1.807, 2.05) is 19.1 Å². The summed E-state index contributed by atoms with van der Waals surface area (Å²) < 4.78 is 4.72. The fourth-order valence-electron chi connectivity index (χ4n) is 2.37. The summed E-state index contributed by atoms with van der Waals surface area (Å²) in [6.45, 7) is 4.10. The molecular weight excluding hydrogens is 214 g/mol. The Bertz CT molecular complexity index is 542. The number of methoxy groups -OCH3 is 1. The lowest BCUT2D eigenvalue weighted by Gasteiger charge is -2.10. The molecule has 1 aromatic carbocycles. The molecule has 3 nitrogen and oxygen atoms in total. The van der Waals surface area contributed by atoms with E-state index in [1.165, 1.54) is 18.1 Å². The minimum Gasteiger partial charge on any atom is -0.469 e. The van der Waals surface area contributed by atoms with Gasteiger partial charge >= 0.3 is 5.97 Å². The van der Waals surface area contributed by atoms with E-state index < -0.39 is 0 Å². The number of aromatic amines is 1. The van der Waals surface area contributed by atoms with E-state index in [9.17, 15) is 4.79 Å².